The number of hydrogen-bond acceptors (Lipinski definition) is 4. The zero-order valence-corrected chi connectivity index (χ0v) is 17.5. The number of fused-ring (bicyclic) bond motifs is 2. The van der Waals surface area contributed by atoms with Gasteiger partial charge < -0.3 is 10.6 Å². The minimum absolute atomic E-state index is 0.00278. The van der Waals surface area contributed by atoms with Crippen molar-refractivity contribution in [3.8, 4) is 11.1 Å². The first-order valence-electron chi connectivity index (χ1n) is 9.88. The minimum Gasteiger partial charge on any atom is -0.379 e. The van der Waals surface area contributed by atoms with Gasteiger partial charge >= 0.3 is 0 Å². The fraction of sp³-hybridized carbons (Fsp3) is 0.286. The molecule has 0 saturated heterocycles. The van der Waals surface area contributed by atoms with Crippen molar-refractivity contribution >= 4 is 45.4 Å². The van der Waals surface area contributed by atoms with Gasteiger partial charge in [0.25, 0.3) is 0 Å². The van der Waals surface area contributed by atoms with Crippen LogP contribution in [0.2, 0.25) is 5.02 Å². The molecule has 1 aliphatic carbocycles. The fourth-order valence-corrected chi connectivity index (χ4v) is 3.99. The van der Waals surface area contributed by atoms with Crippen molar-refractivity contribution in [1.82, 2.24) is 19.8 Å². The Bertz CT molecular complexity index is 1330. The molecule has 0 bridgehead atoms. The van der Waals surface area contributed by atoms with Crippen molar-refractivity contribution in [2.24, 2.45) is 5.92 Å². The normalized spacial score (nSPS) is 18.1. The molecule has 0 radical (unpaired) electrons. The molecule has 1 aromatic carbocycles. The lowest BCUT2D eigenvalue weighted by Crippen LogP contribution is -2.15. The third-order valence-electron chi connectivity index (χ3n) is 5.28. The van der Waals surface area contributed by atoms with Gasteiger partial charge in [0.2, 0.25) is 5.91 Å². The van der Waals surface area contributed by atoms with Gasteiger partial charge in [-0.05, 0) is 38.0 Å². The van der Waals surface area contributed by atoms with E-state index in [2.05, 4.69) is 25.9 Å². The summed E-state index contributed by atoms with van der Waals surface area (Å²) in [5.74, 6) is -1.22. The number of nitrogens with one attached hydrogen (secondary N) is 3. The Morgan fingerprint density at radius 2 is 2.16 bits per heavy atom. The zero-order valence-electron chi connectivity index (χ0n) is 16.7. The van der Waals surface area contributed by atoms with Gasteiger partial charge in [-0.25, -0.2) is 13.3 Å². The molecule has 31 heavy (non-hydrogen) atoms. The number of nitrogens with zero attached hydrogens (tertiary/aromatic N) is 3. The Hall–Kier alpha value is -3.20. The number of benzene rings is 1. The number of pyridine rings is 1. The standard InChI is InChI=1S/C21H19ClF2N6O/c1-9(2)26-20-18(24)17(22)16(13-8-25-28-19(13)20)10-3-4-30-11(5-10)6-15(29-30)27-21(31)12-7-14(12)23/h3-6,8-9,12,14,26H,7H2,1-2H3,(H,25,28)(H,27,29,31). The third kappa shape index (κ3) is 3.38. The molecule has 1 aliphatic rings. The minimum atomic E-state index is -1.08. The Morgan fingerprint density at radius 1 is 1.39 bits per heavy atom. The van der Waals surface area contributed by atoms with Crippen LogP contribution in [0.4, 0.5) is 20.3 Å². The molecule has 1 saturated carbocycles. The van der Waals surface area contributed by atoms with Crippen molar-refractivity contribution in [3.63, 3.8) is 0 Å². The van der Waals surface area contributed by atoms with Gasteiger partial charge in [0.15, 0.2) is 11.6 Å². The topological polar surface area (TPSA) is 87.1 Å². The molecule has 1 amide bonds. The summed E-state index contributed by atoms with van der Waals surface area (Å²) in [6.45, 7) is 3.81. The predicted molar refractivity (Wildman–Crippen MR) is 116 cm³/mol. The molecule has 0 aliphatic heterocycles. The number of anilines is 2. The molecule has 3 heterocycles. The lowest BCUT2D eigenvalue weighted by Gasteiger charge is -2.16. The maximum atomic E-state index is 15.2. The van der Waals surface area contributed by atoms with E-state index < -0.39 is 17.9 Å². The van der Waals surface area contributed by atoms with E-state index in [0.717, 1.165) is 0 Å². The molecule has 0 spiro atoms. The lowest BCUT2D eigenvalue weighted by atomic mass is 10.0. The molecular weight excluding hydrogens is 426 g/mol. The number of aromatic amines is 1. The zero-order chi connectivity index (χ0) is 21.9. The van der Waals surface area contributed by atoms with Crippen molar-refractivity contribution < 1.29 is 13.6 Å². The largest absolute Gasteiger partial charge is 0.379 e. The summed E-state index contributed by atoms with van der Waals surface area (Å²) in [6.07, 6.45) is 2.47. The lowest BCUT2D eigenvalue weighted by molar-refractivity contribution is -0.117. The van der Waals surface area contributed by atoms with E-state index >= 15 is 4.39 Å². The van der Waals surface area contributed by atoms with E-state index in [1.807, 2.05) is 13.8 Å². The van der Waals surface area contributed by atoms with Crippen LogP contribution >= 0.6 is 11.6 Å². The number of hydrogen-bond donors (Lipinski definition) is 3. The SMILES string of the molecule is CC(C)Nc1c(F)c(Cl)c(-c2ccn3nc(NC(=O)C4CC4F)cc3c2)c2cn[nH]c12. The first-order chi connectivity index (χ1) is 14.8. The number of aromatic nitrogens is 4. The molecule has 5 rings (SSSR count). The maximum Gasteiger partial charge on any atom is 0.231 e. The molecule has 1 fully saturated rings. The summed E-state index contributed by atoms with van der Waals surface area (Å²) in [5, 5.41) is 17.6. The number of carbonyl (C=O) groups is 1. The van der Waals surface area contributed by atoms with E-state index in [4.69, 9.17) is 11.6 Å². The Labute approximate surface area is 180 Å². The highest BCUT2D eigenvalue weighted by Crippen LogP contribution is 2.42. The fourth-order valence-electron chi connectivity index (χ4n) is 3.69. The second kappa shape index (κ2) is 7.19. The average molecular weight is 445 g/mol. The Balaban J connectivity index is 1.57. The van der Waals surface area contributed by atoms with Crippen LogP contribution in [-0.2, 0) is 4.79 Å². The van der Waals surface area contributed by atoms with E-state index in [1.165, 1.54) is 0 Å². The van der Waals surface area contributed by atoms with Crippen LogP contribution in [0.5, 0.6) is 0 Å². The summed E-state index contributed by atoms with van der Waals surface area (Å²) in [5.41, 5.74) is 2.64. The quantitative estimate of drug-likeness (QED) is 0.413. The van der Waals surface area contributed by atoms with Gasteiger partial charge in [-0.2, -0.15) is 10.2 Å². The first-order valence-corrected chi connectivity index (χ1v) is 10.3. The van der Waals surface area contributed by atoms with E-state index in [1.54, 1.807) is 35.1 Å². The highest BCUT2D eigenvalue weighted by Gasteiger charge is 2.43. The smallest absolute Gasteiger partial charge is 0.231 e. The van der Waals surface area contributed by atoms with Gasteiger partial charge in [0, 0.05) is 29.3 Å². The maximum absolute atomic E-state index is 15.2. The van der Waals surface area contributed by atoms with E-state index in [0.29, 0.717) is 33.4 Å². The van der Waals surface area contributed by atoms with Crippen LogP contribution in [-0.4, -0.2) is 37.9 Å². The summed E-state index contributed by atoms with van der Waals surface area (Å²) < 4.78 is 29.8. The van der Waals surface area contributed by atoms with Gasteiger partial charge in [-0.3, -0.25) is 9.89 Å². The van der Waals surface area contributed by atoms with Crippen molar-refractivity contribution in [2.75, 3.05) is 10.6 Å². The summed E-state index contributed by atoms with van der Waals surface area (Å²) in [7, 11) is 0. The van der Waals surface area contributed by atoms with Crippen LogP contribution < -0.4 is 10.6 Å². The Morgan fingerprint density at radius 3 is 2.87 bits per heavy atom. The summed E-state index contributed by atoms with van der Waals surface area (Å²) >= 11 is 6.46. The summed E-state index contributed by atoms with van der Waals surface area (Å²) in [6, 6.07) is 5.22. The highest BCUT2D eigenvalue weighted by molar-refractivity contribution is 6.36. The number of H-pyrrole nitrogens is 1. The highest BCUT2D eigenvalue weighted by atomic mass is 35.5. The molecule has 2 atom stereocenters. The number of carbonyl (C=O) groups excluding carboxylic acids is 1. The number of alkyl halides is 1. The molecule has 3 N–H and O–H groups in total. The van der Waals surface area contributed by atoms with E-state index in [-0.39, 0.29) is 29.1 Å². The number of halogens is 3. The van der Waals surface area contributed by atoms with Gasteiger partial charge in [0.1, 0.15) is 6.17 Å². The van der Waals surface area contributed by atoms with Crippen LogP contribution in [0.3, 0.4) is 0 Å². The molecule has 10 heteroatoms. The van der Waals surface area contributed by atoms with Crippen molar-refractivity contribution in [1.29, 1.82) is 0 Å². The van der Waals surface area contributed by atoms with Crippen LogP contribution in [0.1, 0.15) is 20.3 Å². The average Bonchev–Trinajstić information content (AvgIpc) is 3.11. The van der Waals surface area contributed by atoms with Crippen LogP contribution in [0, 0.1) is 11.7 Å². The molecule has 160 valence electrons. The van der Waals surface area contributed by atoms with Gasteiger partial charge in [-0.1, -0.05) is 11.6 Å². The first kappa shape index (κ1) is 19.7. The van der Waals surface area contributed by atoms with Gasteiger partial charge in [-0.15, -0.1) is 0 Å². The number of rotatable bonds is 5. The monoisotopic (exact) mass is 444 g/mol. The second-order valence-corrected chi connectivity index (χ2v) is 8.38. The molecule has 7 nitrogen and oxygen atoms in total. The predicted octanol–water partition coefficient (Wildman–Crippen LogP) is 4.79. The van der Waals surface area contributed by atoms with Crippen LogP contribution in [0.15, 0.2) is 30.6 Å². The van der Waals surface area contributed by atoms with Gasteiger partial charge in [0.05, 0.1) is 33.9 Å². The molecule has 3 aromatic heterocycles. The van der Waals surface area contributed by atoms with E-state index in [9.17, 15) is 9.18 Å². The second-order valence-electron chi connectivity index (χ2n) is 8.00. The van der Waals surface area contributed by atoms with Crippen molar-refractivity contribution in [2.45, 2.75) is 32.5 Å². The number of amides is 1. The summed E-state index contributed by atoms with van der Waals surface area (Å²) in [4.78, 5) is 12.0. The molecular formula is C21H19ClF2N6O. The van der Waals surface area contributed by atoms with Crippen molar-refractivity contribution in [3.05, 3.63) is 41.4 Å². The Kier molecular flexibility index (Phi) is 4.58. The molecule has 2 unspecified atom stereocenters. The third-order valence-corrected chi connectivity index (χ3v) is 5.63. The van der Waals surface area contributed by atoms with Crippen LogP contribution in [0.25, 0.3) is 27.5 Å². The molecule has 4 aromatic rings.